The Morgan fingerprint density at radius 2 is 1.70 bits per heavy atom. The predicted octanol–water partition coefficient (Wildman–Crippen LogP) is 6.45. The Kier molecular flexibility index (Phi) is 8.37. The summed E-state index contributed by atoms with van der Waals surface area (Å²) in [6.45, 7) is 3.35. The fourth-order valence-corrected chi connectivity index (χ4v) is 4.60. The average Bonchev–Trinajstić information content (AvgIpc) is 2.92. The highest BCUT2D eigenvalue weighted by Crippen LogP contribution is 2.39. The van der Waals surface area contributed by atoms with Crippen molar-refractivity contribution < 1.29 is 36.7 Å². The van der Waals surface area contributed by atoms with Crippen molar-refractivity contribution in [3.05, 3.63) is 112 Å². The molecule has 1 aliphatic rings. The second-order valence-electron chi connectivity index (χ2n) is 9.24. The molecule has 1 heterocycles. The highest BCUT2D eigenvalue weighted by molar-refractivity contribution is 6.04. The van der Waals surface area contributed by atoms with E-state index in [9.17, 15) is 31.9 Å². The Balaban J connectivity index is 1.61. The number of esters is 1. The molecule has 0 spiro atoms. The number of ether oxygens (including phenoxy) is 1. The molecule has 208 valence electrons. The van der Waals surface area contributed by atoms with Crippen LogP contribution < -0.4 is 5.32 Å². The lowest BCUT2D eigenvalue weighted by molar-refractivity contribution is -0.140. The minimum atomic E-state index is -4.52. The van der Waals surface area contributed by atoms with E-state index in [1.165, 1.54) is 41.3 Å². The SMILES string of the molecule is CCOC(=O)C1=C(C)N(Cc2cccc(C(=O)Nc3ccc(F)cc3)c2)C(=O)CC1c1ccc(C(F)(F)F)cc1. The molecule has 4 rings (SSSR count). The van der Waals surface area contributed by atoms with Crippen molar-refractivity contribution >= 4 is 23.5 Å². The Bertz CT molecular complexity index is 1450. The van der Waals surface area contributed by atoms with Crippen LogP contribution in [0.25, 0.3) is 0 Å². The van der Waals surface area contributed by atoms with E-state index in [1.54, 1.807) is 38.1 Å². The maximum atomic E-state index is 13.3. The average molecular weight is 555 g/mol. The molecular weight excluding hydrogens is 528 g/mol. The van der Waals surface area contributed by atoms with E-state index in [4.69, 9.17) is 4.74 Å². The zero-order chi connectivity index (χ0) is 29.0. The number of nitrogens with zero attached hydrogens (tertiary/aromatic N) is 1. The van der Waals surface area contributed by atoms with Gasteiger partial charge >= 0.3 is 12.1 Å². The van der Waals surface area contributed by atoms with Gasteiger partial charge in [0.05, 0.1) is 24.3 Å². The molecule has 10 heteroatoms. The Morgan fingerprint density at radius 1 is 1.02 bits per heavy atom. The molecule has 0 fully saturated rings. The van der Waals surface area contributed by atoms with E-state index >= 15 is 0 Å². The van der Waals surface area contributed by atoms with Crippen molar-refractivity contribution in [2.75, 3.05) is 11.9 Å². The highest BCUT2D eigenvalue weighted by Gasteiger charge is 2.37. The van der Waals surface area contributed by atoms with Crippen molar-refractivity contribution in [3.8, 4) is 0 Å². The Hall–Kier alpha value is -4.47. The monoisotopic (exact) mass is 554 g/mol. The summed E-state index contributed by atoms with van der Waals surface area (Å²) in [7, 11) is 0. The normalized spacial score (nSPS) is 15.7. The molecule has 40 heavy (non-hydrogen) atoms. The molecule has 3 aromatic rings. The van der Waals surface area contributed by atoms with E-state index in [2.05, 4.69) is 5.32 Å². The Morgan fingerprint density at radius 3 is 2.33 bits per heavy atom. The lowest BCUT2D eigenvalue weighted by Gasteiger charge is -2.34. The van der Waals surface area contributed by atoms with Crippen LogP contribution in [0.5, 0.6) is 0 Å². The van der Waals surface area contributed by atoms with Crippen LogP contribution in [0.2, 0.25) is 0 Å². The summed E-state index contributed by atoms with van der Waals surface area (Å²) in [5.41, 5.74) is 1.39. The first kappa shape index (κ1) is 28.5. The molecule has 0 saturated heterocycles. The molecule has 1 aliphatic heterocycles. The quantitative estimate of drug-likeness (QED) is 0.269. The summed E-state index contributed by atoms with van der Waals surface area (Å²) >= 11 is 0. The van der Waals surface area contributed by atoms with Crippen LogP contribution in [-0.2, 0) is 27.0 Å². The topological polar surface area (TPSA) is 75.7 Å². The van der Waals surface area contributed by atoms with E-state index in [1.807, 2.05) is 0 Å². The van der Waals surface area contributed by atoms with Crippen molar-refractivity contribution in [1.29, 1.82) is 0 Å². The van der Waals surface area contributed by atoms with Gasteiger partial charge in [0, 0.05) is 29.3 Å². The number of hydrogen-bond donors (Lipinski definition) is 1. The lowest BCUT2D eigenvalue weighted by atomic mass is 9.83. The molecule has 1 atom stereocenters. The third-order valence-electron chi connectivity index (χ3n) is 6.59. The van der Waals surface area contributed by atoms with E-state index in [-0.39, 0.29) is 31.1 Å². The van der Waals surface area contributed by atoms with Crippen LogP contribution in [0.1, 0.15) is 53.2 Å². The summed E-state index contributed by atoms with van der Waals surface area (Å²) in [6.07, 6.45) is -4.67. The molecule has 1 unspecified atom stereocenters. The fraction of sp³-hybridized carbons (Fsp3) is 0.233. The molecule has 0 aliphatic carbocycles. The number of carbonyl (C=O) groups excluding carboxylic acids is 3. The minimum Gasteiger partial charge on any atom is -0.463 e. The number of anilines is 1. The predicted molar refractivity (Wildman–Crippen MR) is 139 cm³/mol. The van der Waals surface area contributed by atoms with Crippen molar-refractivity contribution in [1.82, 2.24) is 4.90 Å². The van der Waals surface area contributed by atoms with Gasteiger partial charge in [-0.3, -0.25) is 9.59 Å². The van der Waals surface area contributed by atoms with Gasteiger partial charge in [-0.15, -0.1) is 0 Å². The molecule has 0 aromatic heterocycles. The van der Waals surface area contributed by atoms with Gasteiger partial charge in [-0.2, -0.15) is 13.2 Å². The van der Waals surface area contributed by atoms with Gasteiger partial charge in [0.2, 0.25) is 5.91 Å². The molecule has 0 saturated carbocycles. The Labute approximate surface area is 228 Å². The first-order valence-corrected chi connectivity index (χ1v) is 12.5. The van der Waals surface area contributed by atoms with Crippen molar-refractivity contribution in [2.45, 2.75) is 38.9 Å². The molecule has 0 radical (unpaired) electrons. The summed E-state index contributed by atoms with van der Waals surface area (Å²) in [6, 6.07) is 16.3. The highest BCUT2D eigenvalue weighted by atomic mass is 19.4. The maximum Gasteiger partial charge on any atom is 0.416 e. The first-order valence-electron chi connectivity index (χ1n) is 12.5. The maximum absolute atomic E-state index is 13.3. The number of rotatable bonds is 7. The number of hydrogen-bond acceptors (Lipinski definition) is 4. The standard InChI is InChI=1S/C30H26F4N2O4/c1-3-40-29(39)27-18(2)36(26(37)16-25(27)20-7-9-22(10-8-20)30(32,33)34)17-19-5-4-6-21(15-19)28(38)35-24-13-11-23(31)12-14-24/h4-15,25H,3,16-17H2,1-2H3,(H,35,38). The van der Waals surface area contributed by atoms with Gasteiger partial charge in [0.15, 0.2) is 0 Å². The second-order valence-corrected chi connectivity index (χ2v) is 9.24. The number of alkyl halides is 3. The lowest BCUT2D eigenvalue weighted by Crippen LogP contribution is -2.38. The van der Waals surface area contributed by atoms with Crippen molar-refractivity contribution in [3.63, 3.8) is 0 Å². The number of nitrogens with one attached hydrogen (secondary N) is 1. The third kappa shape index (κ3) is 6.39. The zero-order valence-corrected chi connectivity index (χ0v) is 21.7. The van der Waals surface area contributed by atoms with Gasteiger partial charge in [0.25, 0.3) is 5.91 Å². The molecule has 0 bridgehead atoms. The summed E-state index contributed by atoms with van der Waals surface area (Å²) in [5, 5.41) is 2.68. The van der Waals surface area contributed by atoms with E-state index in [0.717, 1.165) is 12.1 Å². The van der Waals surface area contributed by atoms with Gasteiger partial charge in [0.1, 0.15) is 5.82 Å². The minimum absolute atomic E-state index is 0.0466. The smallest absolute Gasteiger partial charge is 0.416 e. The van der Waals surface area contributed by atoms with Crippen LogP contribution in [0, 0.1) is 5.82 Å². The summed E-state index contributed by atoms with van der Waals surface area (Å²) < 4.78 is 57.6. The number of allylic oxidation sites excluding steroid dienone is 1. The number of halogens is 4. The van der Waals surface area contributed by atoms with Gasteiger partial charge < -0.3 is 15.0 Å². The molecule has 6 nitrogen and oxygen atoms in total. The fourth-order valence-electron chi connectivity index (χ4n) is 4.60. The summed E-state index contributed by atoms with van der Waals surface area (Å²) in [5.74, 6) is -2.64. The number of amides is 2. The number of benzene rings is 3. The largest absolute Gasteiger partial charge is 0.463 e. The third-order valence-corrected chi connectivity index (χ3v) is 6.59. The van der Waals surface area contributed by atoms with Gasteiger partial charge in [-0.1, -0.05) is 24.3 Å². The van der Waals surface area contributed by atoms with Crippen LogP contribution in [0.3, 0.4) is 0 Å². The molecular formula is C30H26F4N2O4. The van der Waals surface area contributed by atoms with Gasteiger partial charge in [-0.05, 0) is 73.5 Å². The summed E-state index contributed by atoms with van der Waals surface area (Å²) in [4.78, 5) is 40.4. The number of carbonyl (C=O) groups is 3. The van der Waals surface area contributed by atoms with Crippen LogP contribution in [-0.4, -0.2) is 29.3 Å². The zero-order valence-electron chi connectivity index (χ0n) is 21.7. The van der Waals surface area contributed by atoms with Crippen molar-refractivity contribution in [2.24, 2.45) is 0 Å². The molecule has 2 amide bonds. The molecule has 1 N–H and O–H groups in total. The van der Waals surface area contributed by atoms with Crippen LogP contribution in [0.15, 0.2) is 84.1 Å². The van der Waals surface area contributed by atoms with Crippen LogP contribution in [0.4, 0.5) is 23.2 Å². The second kappa shape index (κ2) is 11.7. The van der Waals surface area contributed by atoms with E-state index in [0.29, 0.717) is 28.1 Å². The van der Waals surface area contributed by atoms with Crippen LogP contribution >= 0.6 is 0 Å². The van der Waals surface area contributed by atoms with E-state index < -0.39 is 35.4 Å². The first-order chi connectivity index (χ1) is 19.0. The molecule has 3 aromatic carbocycles. The van der Waals surface area contributed by atoms with Gasteiger partial charge in [-0.25, -0.2) is 9.18 Å².